The van der Waals surface area contributed by atoms with Gasteiger partial charge in [0, 0.05) is 0 Å². The van der Waals surface area contributed by atoms with E-state index in [1.54, 1.807) is 0 Å². The maximum absolute atomic E-state index is 2.32. The summed E-state index contributed by atoms with van der Waals surface area (Å²) in [6.45, 7) is 9.20. The maximum atomic E-state index is 2.32. The average Bonchev–Trinajstić information content (AvgIpc) is 1.85. The Morgan fingerprint density at radius 3 is 2.18 bits per heavy atom. The van der Waals surface area contributed by atoms with Gasteiger partial charge in [-0.3, -0.25) is 0 Å². The molecule has 0 aliphatic rings. The molecule has 11 heavy (non-hydrogen) atoms. The first kappa shape index (κ1) is 11.4. The van der Waals surface area contributed by atoms with Crippen LogP contribution in [-0.4, -0.2) is 11.5 Å². The van der Waals surface area contributed by atoms with Gasteiger partial charge in [-0.25, -0.2) is 0 Å². The van der Waals surface area contributed by atoms with Crippen LogP contribution in [0.1, 0.15) is 47.0 Å². The van der Waals surface area contributed by atoms with Crippen molar-refractivity contribution in [2.24, 2.45) is 5.41 Å². The van der Waals surface area contributed by atoms with Crippen LogP contribution in [0.25, 0.3) is 0 Å². The Bertz CT molecular complexity index is 81.4. The van der Waals surface area contributed by atoms with Crippen LogP contribution in [0.3, 0.4) is 0 Å². The van der Waals surface area contributed by atoms with Gasteiger partial charge in [-0.05, 0) is 36.2 Å². The van der Waals surface area contributed by atoms with Crippen molar-refractivity contribution in [2.45, 2.75) is 47.0 Å². The van der Waals surface area contributed by atoms with Gasteiger partial charge in [-0.15, -0.1) is 0 Å². The van der Waals surface area contributed by atoms with Crippen LogP contribution >= 0.6 is 11.8 Å². The Labute approximate surface area is 76.1 Å². The molecular weight excluding hydrogens is 152 g/mol. The summed E-state index contributed by atoms with van der Waals surface area (Å²) in [6, 6.07) is 0. The molecule has 0 saturated heterocycles. The minimum Gasteiger partial charge on any atom is -0.162 e. The average molecular weight is 174 g/mol. The minimum atomic E-state index is 0.534. The topological polar surface area (TPSA) is 0 Å². The Balaban J connectivity index is 3.02. The molecule has 0 heterocycles. The molecule has 68 valence electrons. The van der Waals surface area contributed by atoms with Gasteiger partial charge >= 0.3 is 0 Å². The van der Waals surface area contributed by atoms with E-state index in [2.05, 4.69) is 39.5 Å². The van der Waals surface area contributed by atoms with Crippen LogP contribution < -0.4 is 0 Å². The summed E-state index contributed by atoms with van der Waals surface area (Å²) in [5.41, 5.74) is 0.534. The Hall–Kier alpha value is 0.350. The third kappa shape index (κ3) is 10.4. The van der Waals surface area contributed by atoms with Crippen molar-refractivity contribution in [3.8, 4) is 0 Å². The fourth-order valence-electron chi connectivity index (χ4n) is 0.951. The molecular formula is C10H22S. The number of rotatable bonds is 5. The molecule has 0 aromatic heterocycles. The van der Waals surface area contributed by atoms with Gasteiger partial charge < -0.3 is 0 Å². The lowest BCUT2D eigenvalue weighted by molar-refractivity contribution is 0.375. The fraction of sp³-hybridized carbons (Fsp3) is 1.00. The van der Waals surface area contributed by atoms with Crippen LogP contribution in [0.15, 0.2) is 0 Å². The molecule has 0 aliphatic heterocycles. The Kier molecular flexibility index (Phi) is 6.12. The van der Waals surface area contributed by atoms with Gasteiger partial charge in [-0.1, -0.05) is 27.7 Å². The largest absolute Gasteiger partial charge is 0.162 e. The van der Waals surface area contributed by atoms with E-state index in [0.717, 1.165) is 0 Å². The summed E-state index contributed by atoms with van der Waals surface area (Å²) >= 11 is 2.09. The third-order valence-corrected chi connectivity index (χ3v) is 2.84. The Morgan fingerprint density at radius 2 is 1.73 bits per heavy atom. The van der Waals surface area contributed by atoms with E-state index in [4.69, 9.17) is 0 Å². The molecule has 0 saturated carbocycles. The number of hydrogen-bond donors (Lipinski definition) is 0. The number of hydrogen-bond acceptors (Lipinski definition) is 1. The lowest BCUT2D eigenvalue weighted by Gasteiger charge is -2.17. The van der Waals surface area contributed by atoms with E-state index >= 15 is 0 Å². The SMILES string of the molecule is CCCSCCCC(C)(C)C. The molecule has 0 N–H and O–H groups in total. The van der Waals surface area contributed by atoms with Crippen molar-refractivity contribution in [1.82, 2.24) is 0 Å². The van der Waals surface area contributed by atoms with E-state index in [-0.39, 0.29) is 0 Å². The predicted molar refractivity (Wildman–Crippen MR) is 56.3 cm³/mol. The van der Waals surface area contributed by atoms with Crippen LogP contribution in [0.5, 0.6) is 0 Å². The standard InChI is InChI=1S/C10H22S/c1-5-8-11-9-6-7-10(2,3)4/h5-9H2,1-4H3. The van der Waals surface area contributed by atoms with Crippen molar-refractivity contribution in [3.05, 3.63) is 0 Å². The van der Waals surface area contributed by atoms with Crippen LogP contribution in [0, 0.1) is 5.41 Å². The van der Waals surface area contributed by atoms with E-state index < -0.39 is 0 Å². The highest BCUT2D eigenvalue weighted by Crippen LogP contribution is 2.21. The molecule has 0 atom stereocenters. The summed E-state index contributed by atoms with van der Waals surface area (Å²) in [5, 5.41) is 0. The normalized spacial score (nSPS) is 12.0. The quantitative estimate of drug-likeness (QED) is 0.569. The first-order valence-corrected chi connectivity index (χ1v) is 5.79. The summed E-state index contributed by atoms with van der Waals surface area (Å²) < 4.78 is 0. The van der Waals surface area contributed by atoms with E-state index in [1.807, 2.05) is 0 Å². The maximum Gasteiger partial charge on any atom is -0.00673 e. The lowest BCUT2D eigenvalue weighted by Crippen LogP contribution is -2.04. The second kappa shape index (κ2) is 5.93. The van der Waals surface area contributed by atoms with Crippen molar-refractivity contribution < 1.29 is 0 Å². The summed E-state index contributed by atoms with van der Waals surface area (Å²) in [6.07, 6.45) is 4.07. The second-order valence-corrected chi connectivity index (χ2v) is 5.50. The highest BCUT2D eigenvalue weighted by atomic mass is 32.2. The molecule has 0 spiro atoms. The highest BCUT2D eigenvalue weighted by Gasteiger charge is 2.08. The second-order valence-electron chi connectivity index (χ2n) is 4.28. The van der Waals surface area contributed by atoms with E-state index in [0.29, 0.717) is 5.41 Å². The molecule has 0 bridgehead atoms. The molecule has 0 radical (unpaired) electrons. The van der Waals surface area contributed by atoms with Gasteiger partial charge in [-0.2, -0.15) is 11.8 Å². The first-order valence-electron chi connectivity index (χ1n) is 4.64. The first-order chi connectivity index (χ1) is 5.06. The van der Waals surface area contributed by atoms with Crippen molar-refractivity contribution in [3.63, 3.8) is 0 Å². The van der Waals surface area contributed by atoms with Gasteiger partial charge in [0.15, 0.2) is 0 Å². The van der Waals surface area contributed by atoms with Crippen molar-refractivity contribution >= 4 is 11.8 Å². The summed E-state index contributed by atoms with van der Waals surface area (Å²) in [4.78, 5) is 0. The monoisotopic (exact) mass is 174 g/mol. The predicted octanol–water partition coefficient (Wildman–Crippen LogP) is 3.96. The molecule has 0 unspecified atom stereocenters. The van der Waals surface area contributed by atoms with Gasteiger partial charge in [0.25, 0.3) is 0 Å². The fourth-order valence-corrected chi connectivity index (χ4v) is 1.79. The molecule has 0 aromatic carbocycles. The Morgan fingerprint density at radius 1 is 1.09 bits per heavy atom. The van der Waals surface area contributed by atoms with Gasteiger partial charge in [0.2, 0.25) is 0 Å². The third-order valence-electron chi connectivity index (χ3n) is 1.56. The molecule has 0 aliphatic carbocycles. The van der Waals surface area contributed by atoms with Gasteiger partial charge in [0.1, 0.15) is 0 Å². The molecule has 0 nitrogen and oxygen atoms in total. The zero-order chi connectivity index (χ0) is 8.74. The van der Waals surface area contributed by atoms with E-state index in [1.165, 1.54) is 30.8 Å². The van der Waals surface area contributed by atoms with Crippen molar-refractivity contribution in [1.29, 1.82) is 0 Å². The lowest BCUT2D eigenvalue weighted by atomic mass is 9.91. The van der Waals surface area contributed by atoms with Crippen LogP contribution in [0.4, 0.5) is 0 Å². The highest BCUT2D eigenvalue weighted by molar-refractivity contribution is 7.99. The molecule has 0 amide bonds. The van der Waals surface area contributed by atoms with E-state index in [9.17, 15) is 0 Å². The summed E-state index contributed by atoms with van der Waals surface area (Å²) in [7, 11) is 0. The summed E-state index contributed by atoms with van der Waals surface area (Å²) in [5.74, 6) is 2.69. The van der Waals surface area contributed by atoms with Crippen LogP contribution in [0.2, 0.25) is 0 Å². The minimum absolute atomic E-state index is 0.534. The zero-order valence-corrected chi connectivity index (χ0v) is 9.26. The van der Waals surface area contributed by atoms with Gasteiger partial charge in [0.05, 0.1) is 0 Å². The van der Waals surface area contributed by atoms with Crippen molar-refractivity contribution in [2.75, 3.05) is 11.5 Å². The molecule has 0 fully saturated rings. The molecule has 0 aromatic rings. The molecule has 0 rings (SSSR count). The number of thioether (sulfide) groups is 1. The zero-order valence-electron chi connectivity index (χ0n) is 8.44. The van der Waals surface area contributed by atoms with Crippen LogP contribution in [-0.2, 0) is 0 Å². The molecule has 1 heteroatoms. The smallest absolute Gasteiger partial charge is 0.00673 e.